The summed E-state index contributed by atoms with van der Waals surface area (Å²) in [4.78, 5) is 25.8. The second-order valence-corrected chi connectivity index (χ2v) is 6.18. The van der Waals surface area contributed by atoms with Gasteiger partial charge in [0.2, 0.25) is 0 Å². The molecule has 1 aromatic heterocycles. The standard InChI is InChI=1S/C17H20N2O3/c1-3-19-13-7-5-4-6-12(13)10-14(19)15(20)18-9-8-17(2,11-18)16(21)22/h4-7,10H,3,8-9,11H2,1-2H3,(H,21,22). The monoisotopic (exact) mass is 300 g/mol. The van der Waals surface area contributed by atoms with E-state index in [1.54, 1.807) is 11.8 Å². The Balaban J connectivity index is 1.95. The van der Waals surface area contributed by atoms with Gasteiger partial charge in [-0.2, -0.15) is 0 Å². The number of carboxylic acid groups (broad SMARTS) is 1. The van der Waals surface area contributed by atoms with Gasteiger partial charge in [0.1, 0.15) is 5.69 Å². The van der Waals surface area contributed by atoms with Gasteiger partial charge in [-0.1, -0.05) is 18.2 Å². The van der Waals surface area contributed by atoms with Gasteiger partial charge in [-0.05, 0) is 32.4 Å². The van der Waals surface area contributed by atoms with Crippen LogP contribution in [0.1, 0.15) is 30.8 Å². The van der Waals surface area contributed by atoms with Gasteiger partial charge >= 0.3 is 5.97 Å². The van der Waals surface area contributed by atoms with Crippen LogP contribution < -0.4 is 0 Å². The van der Waals surface area contributed by atoms with E-state index in [1.165, 1.54) is 0 Å². The number of aliphatic carboxylic acids is 1. The zero-order valence-corrected chi connectivity index (χ0v) is 12.9. The van der Waals surface area contributed by atoms with Crippen LogP contribution in [0.3, 0.4) is 0 Å². The first-order valence-corrected chi connectivity index (χ1v) is 7.57. The average molecular weight is 300 g/mol. The summed E-state index contributed by atoms with van der Waals surface area (Å²) in [6.07, 6.45) is 0.500. The quantitative estimate of drug-likeness (QED) is 0.947. The molecule has 0 spiro atoms. The van der Waals surface area contributed by atoms with Crippen molar-refractivity contribution in [3.63, 3.8) is 0 Å². The molecule has 1 fully saturated rings. The zero-order chi connectivity index (χ0) is 15.9. The second-order valence-electron chi connectivity index (χ2n) is 6.18. The third kappa shape index (κ3) is 2.17. The summed E-state index contributed by atoms with van der Waals surface area (Å²) in [5, 5.41) is 10.3. The number of rotatable bonds is 3. The number of fused-ring (bicyclic) bond motifs is 1. The third-order valence-electron chi connectivity index (χ3n) is 4.62. The molecule has 0 bridgehead atoms. The van der Waals surface area contributed by atoms with Crippen molar-refractivity contribution in [2.45, 2.75) is 26.8 Å². The van der Waals surface area contributed by atoms with Crippen molar-refractivity contribution in [2.75, 3.05) is 13.1 Å². The largest absolute Gasteiger partial charge is 0.481 e. The highest BCUT2D eigenvalue weighted by Gasteiger charge is 2.42. The Labute approximate surface area is 129 Å². The molecule has 1 saturated heterocycles. The molecule has 22 heavy (non-hydrogen) atoms. The molecule has 0 radical (unpaired) electrons. The maximum atomic E-state index is 12.8. The van der Waals surface area contributed by atoms with Crippen LogP contribution in [-0.4, -0.2) is 39.5 Å². The maximum absolute atomic E-state index is 12.8. The molecule has 1 N–H and O–H groups in total. The highest BCUT2D eigenvalue weighted by molar-refractivity contribution is 5.99. The van der Waals surface area contributed by atoms with Crippen LogP contribution in [0.4, 0.5) is 0 Å². The summed E-state index contributed by atoms with van der Waals surface area (Å²) >= 11 is 0. The van der Waals surface area contributed by atoms with Crippen LogP contribution >= 0.6 is 0 Å². The predicted octanol–water partition coefficient (Wildman–Crippen LogP) is 2.60. The molecule has 0 saturated carbocycles. The van der Waals surface area contributed by atoms with E-state index in [0.717, 1.165) is 10.9 Å². The fourth-order valence-electron chi connectivity index (χ4n) is 3.20. The first kappa shape index (κ1) is 14.6. The van der Waals surface area contributed by atoms with Crippen molar-refractivity contribution in [1.29, 1.82) is 0 Å². The number of carbonyl (C=O) groups excluding carboxylic acids is 1. The molecule has 116 valence electrons. The van der Waals surface area contributed by atoms with E-state index >= 15 is 0 Å². The average Bonchev–Trinajstić information content (AvgIpc) is 3.08. The van der Waals surface area contributed by atoms with Gasteiger partial charge in [0, 0.05) is 30.5 Å². The van der Waals surface area contributed by atoms with E-state index in [1.807, 2.05) is 41.8 Å². The minimum Gasteiger partial charge on any atom is -0.481 e. The molecule has 5 heteroatoms. The fraction of sp³-hybridized carbons (Fsp3) is 0.412. The second kappa shape index (κ2) is 5.16. The topological polar surface area (TPSA) is 62.5 Å². The van der Waals surface area contributed by atoms with Crippen LogP contribution in [0, 0.1) is 5.41 Å². The molecule has 1 aliphatic heterocycles. The number of carboxylic acids is 1. The lowest BCUT2D eigenvalue weighted by Gasteiger charge is -2.20. The smallest absolute Gasteiger partial charge is 0.311 e. The van der Waals surface area contributed by atoms with Gasteiger partial charge in [0.15, 0.2) is 0 Å². The van der Waals surface area contributed by atoms with Gasteiger partial charge in [0.05, 0.1) is 5.41 Å². The highest BCUT2D eigenvalue weighted by atomic mass is 16.4. The number of hydrogen-bond donors (Lipinski definition) is 1. The summed E-state index contributed by atoms with van der Waals surface area (Å²) in [7, 11) is 0. The summed E-state index contributed by atoms with van der Waals surface area (Å²) in [6.45, 7) is 5.18. The minimum absolute atomic E-state index is 0.0805. The normalized spacial score (nSPS) is 21.5. The van der Waals surface area contributed by atoms with Crippen LogP contribution in [0.15, 0.2) is 30.3 Å². The van der Waals surface area contributed by atoms with Crippen molar-refractivity contribution in [3.8, 4) is 0 Å². The fourth-order valence-corrected chi connectivity index (χ4v) is 3.20. The summed E-state index contributed by atoms with van der Waals surface area (Å²) in [5.74, 6) is -0.915. The number of benzene rings is 1. The van der Waals surface area contributed by atoms with E-state index in [4.69, 9.17) is 0 Å². The molecular weight excluding hydrogens is 280 g/mol. The van der Waals surface area contributed by atoms with Crippen molar-refractivity contribution in [2.24, 2.45) is 5.41 Å². The SMILES string of the molecule is CCn1c(C(=O)N2CCC(C)(C(=O)O)C2)cc2ccccc21. The van der Waals surface area contributed by atoms with Gasteiger partial charge in [-0.25, -0.2) is 0 Å². The molecule has 2 aromatic rings. The molecule has 1 atom stereocenters. The molecule has 3 rings (SSSR count). The van der Waals surface area contributed by atoms with Crippen LogP contribution in [-0.2, 0) is 11.3 Å². The van der Waals surface area contributed by atoms with Crippen molar-refractivity contribution < 1.29 is 14.7 Å². The Bertz CT molecular complexity index is 749. The van der Waals surface area contributed by atoms with Crippen LogP contribution in [0.2, 0.25) is 0 Å². The van der Waals surface area contributed by atoms with E-state index in [2.05, 4.69) is 0 Å². The predicted molar refractivity (Wildman–Crippen MR) is 83.9 cm³/mol. The Morgan fingerprint density at radius 2 is 2.05 bits per heavy atom. The van der Waals surface area contributed by atoms with Crippen molar-refractivity contribution in [1.82, 2.24) is 9.47 Å². The molecule has 2 heterocycles. The Morgan fingerprint density at radius 1 is 1.32 bits per heavy atom. The number of amides is 1. The zero-order valence-electron chi connectivity index (χ0n) is 12.9. The Hall–Kier alpha value is -2.30. The highest BCUT2D eigenvalue weighted by Crippen LogP contribution is 2.31. The minimum atomic E-state index is -0.835. The maximum Gasteiger partial charge on any atom is 0.311 e. The summed E-state index contributed by atoms with van der Waals surface area (Å²) in [5.41, 5.74) is 0.838. The number of aromatic nitrogens is 1. The van der Waals surface area contributed by atoms with E-state index in [9.17, 15) is 14.7 Å². The number of hydrogen-bond acceptors (Lipinski definition) is 2. The van der Waals surface area contributed by atoms with Gasteiger partial charge in [0.25, 0.3) is 5.91 Å². The number of likely N-dealkylation sites (tertiary alicyclic amines) is 1. The van der Waals surface area contributed by atoms with Crippen molar-refractivity contribution in [3.05, 3.63) is 36.0 Å². The third-order valence-corrected chi connectivity index (χ3v) is 4.62. The molecule has 1 amide bonds. The Morgan fingerprint density at radius 3 is 2.68 bits per heavy atom. The first-order valence-electron chi connectivity index (χ1n) is 7.57. The number of aryl methyl sites for hydroxylation is 1. The Kier molecular flexibility index (Phi) is 3.43. The molecule has 5 nitrogen and oxygen atoms in total. The van der Waals surface area contributed by atoms with Crippen LogP contribution in [0.25, 0.3) is 10.9 Å². The molecular formula is C17H20N2O3. The van der Waals surface area contributed by atoms with E-state index in [0.29, 0.717) is 25.2 Å². The van der Waals surface area contributed by atoms with Crippen LogP contribution in [0.5, 0.6) is 0 Å². The van der Waals surface area contributed by atoms with Gasteiger partial charge in [-0.15, -0.1) is 0 Å². The number of carbonyl (C=O) groups is 2. The number of nitrogens with zero attached hydrogens (tertiary/aromatic N) is 2. The van der Waals surface area contributed by atoms with Gasteiger partial charge < -0.3 is 14.6 Å². The molecule has 1 aliphatic rings. The van der Waals surface area contributed by atoms with E-state index in [-0.39, 0.29) is 12.5 Å². The molecule has 1 aromatic carbocycles. The lowest BCUT2D eigenvalue weighted by Crippen LogP contribution is -2.35. The molecule has 1 unspecified atom stereocenters. The lowest BCUT2D eigenvalue weighted by molar-refractivity contribution is -0.147. The van der Waals surface area contributed by atoms with Gasteiger partial charge in [-0.3, -0.25) is 9.59 Å². The lowest BCUT2D eigenvalue weighted by atomic mass is 9.90. The van der Waals surface area contributed by atoms with E-state index < -0.39 is 11.4 Å². The van der Waals surface area contributed by atoms with Crippen molar-refractivity contribution >= 4 is 22.8 Å². The molecule has 0 aliphatic carbocycles. The first-order chi connectivity index (χ1) is 10.5. The number of para-hydroxylation sites is 1. The summed E-state index contributed by atoms with van der Waals surface area (Å²) < 4.78 is 1.99. The summed E-state index contributed by atoms with van der Waals surface area (Å²) in [6, 6.07) is 9.80.